The van der Waals surface area contributed by atoms with Gasteiger partial charge in [0.15, 0.2) is 0 Å². The van der Waals surface area contributed by atoms with E-state index in [0.717, 1.165) is 54.6 Å². The predicted octanol–water partition coefficient (Wildman–Crippen LogP) is 1.77. The molecular weight excluding hydrogens is 316 g/mol. The Bertz CT molecular complexity index is 825. The van der Waals surface area contributed by atoms with Crippen LogP contribution in [-0.2, 0) is 19.5 Å². The molecule has 0 bridgehead atoms. The van der Waals surface area contributed by atoms with Gasteiger partial charge < -0.3 is 4.74 Å². The van der Waals surface area contributed by atoms with Crippen molar-refractivity contribution in [2.24, 2.45) is 5.92 Å². The van der Waals surface area contributed by atoms with E-state index in [1.165, 1.54) is 12.8 Å². The first-order valence-electron chi connectivity index (χ1n) is 8.94. The van der Waals surface area contributed by atoms with Gasteiger partial charge in [0, 0.05) is 38.3 Å². The van der Waals surface area contributed by atoms with Crippen molar-refractivity contribution in [3.05, 3.63) is 51.3 Å². The van der Waals surface area contributed by atoms with Crippen molar-refractivity contribution in [2.45, 2.75) is 39.3 Å². The molecule has 1 saturated carbocycles. The van der Waals surface area contributed by atoms with Crippen molar-refractivity contribution in [2.75, 3.05) is 20.2 Å². The van der Waals surface area contributed by atoms with E-state index in [0.29, 0.717) is 12.4 Å². The van der Waals surface area contributed by atoms with Crippen LogP contribution in [0.4, 0.5) is 0 Å². The SMILES string of the molecule is COc1ccc(Cn2c(C)nc3c(c2=O)CN(CC2CC2)CC3)cn1. The van der Waals surface area contributed by atoms with E-state index in [1.807, 2.05) is 19.1 Å². The second-order valence-electron chi connectivity index (χ2n) is 7.11. The molecule has 0 aromatic carbocycles. The highest BCUT2D eigenvalue weighted by atomic mass is 16.5. The van der Waals surface area contributed by atoms with Crippen LogP contribution in [0.15, 0.2) is 23.1 Å². The Morgan fingerprint density at radius 1 is 1.32 bits per heavy atom. The van der Waals surface area contributed by atoms with Gasteiger partial charge in [-0.2, -0.15) is 0 Å². The van der Waals surface area contributed by atoms with Crippen LogP contribution in [0.3, 0.4) is 0 Å². The second kappa shape index (κ2) is 6.59. The summed E-state index contributed by atoms with van der Waals surface area (Å²) in [5.41, 5.74) is 2.93. The zero-order valence-electron chi connectivity index (χ0n) is 14.9. The monoisotopic (exact) mass is 340 g/mol. The molecule has 3 heterocycles. The van der Waals surface area contributed by atoms with Gasteiger partial charge >= 0.3 is 0 Å². The largest absolute Gasteiger partial charge is 0.481 e. The minimum atomic E-state index is 0.0961. The number of nitrogens with zero attached hydrogens (tertiary/aromatic N) is 4. The van der Waals surface area contributed by atoms with Crippen LogP contribution in [0.2, 0.25) is 0 Å². The summed E-state index contributed by atoms with van der Waals surface area (Å²) in [5, 5.41) is 0. The maximum atomic E-state index is 13.1. The van der Waals surface area contributed by atoms with Crippen molar-refractivity contribution in [1.29, 1.82) is 0 Å². The fourth-order valence-corrected chi connectivity index (χ4v) is 3.50. The Kier molecular flexibility index (Phi) is 4.29. The summed E-state index contributed by atoms with van der Waals surface area (Å²) in [6, 6.07) is 3.76. The fraction of sp³-hybridized carbons (Fsp3) is 0.526. The molecule has 0 radical (unpaired) electrons. The van der Waals surface area contributed by atoms with E-state index < -0.39 is 0 Å². The summed E-state index contributed by atoms with van der Waals surface area (Å²) in [6.45, 7) is 5.27. The van der Waals surface area contributed by atoms with Crippen molar-refractivity contribution < 1.29 is 4.74 Å². The number of aryl methyl sites for hydroxylation is 1. The third kappa shape index (κ3) is 3.44. The zero-order valence-corrected chi connectivity index (χ0v) is 14.9. The molecule has 2 aromatic rings. The summed E-state index contributed by atoms with van der Waals surface area (Å²) < 4.78 is 6.86. The predicted molar refractivity (Wildman–Crippen MR) is 94.8 cm³/mol. The zero-order chi connectivity index (χ0) is 17.4. The molecule has 25 heavy (non-hydrogen) atoms. The maximum absolute atomic E-state index is 13.1. The summed E-state index contributed by atoms with van der Waals surface area (Å²) in [4.78, 5) is 24.4. The number of ether oxygens (including phenoxy) is 1. The molecule has 0 unspecified atom stereocenters. The Morgan fingerprint density at radius 2 is 2.16 bits per heavy atom. The number of hydrogen-bond acceptors (Lipinski definition) is 5. The summed E-state index contributed by atoms with van der Waals surface area (Å²) >= 11 is 0. The van der Waals surface area contributed by atoms with Crippen molar-refractivity contribution in [3.8, 4) is 5.88 Å². The normalized spacial score (nSPS) is 17.4. The van der Waals surface area contributed by atoms with E-state index in [1.54, 1.807) is 17.9 Å². The minimum Gasteiger partial charge on any atom is -0.481 e. The minimum absolute atomic E-state index is 0.0961. The molecule has 0 saturated heterocycles. The highest BCUT2D eigenvalue weighted by Gasteiger charge is 2.28. The van der Waals surface area contributed by atoms with E-state index >= 15 is 0 Å². The van der Waals surface area contributed by atoms with Gasteiger partial charge in [-0.1, -0.05) is 6.07 Å². The molecule has 0 atom stereocenters. The molecular formula is C19H24N4O2. The van der Waals surface area contributed by atoms with Gasteiger partial charge in [0.1, 0.15) is 5.82 Å². The van der Waals surface area contributed by atoms with Gasteiger partial charge in [-0.3, -0.25) is 14.3 Å². The van der Waals surface area contributed by atoms with E-state index in [2.05, 4.69) is 9.88 Å². The third-order valence-corrected chi connectivity index (χ3v) is 5.15. The Balaban J connectivity index is 1.60. The summed E-state index contributed by atoms with van der Waals surface area (Å²) in [7, 11) is 1.59. The molecule has 1 aliphatic heterocycles. The molecule has 0 N–H and O–H groups in total. The first kappa shape index (κ1) is 16.3. The smallest absolute Gasteiger partial charge is 0.258 e. The van der Waals surface area contributed by atoms with Crippen LogP contribution in [0.5, 0.6) is 5.88 Å². The molecule has 0 amide bonds. The Morgan fingerprint density at radius 3 is 2.84 bits per heavy atom. The molecule has 2 aliphatic rings. The molecule has 4 rings (SSSR count). The number of pyridine rings is 1. The number of methoxy groups -OCH3 is 1. The van der Waals surface area contributed by atoms with Crippen LogP contribution in [-0.4, -0.2) is 39.6 Å². The fourth-order valence-electron chi connectivity index (χ4n) is 3.50. The molecule has 1 fully saturated rings. The molecule has 6 nitrogen and oxygen atoms in total. The van der Waals surface area contributed by atoms with Gasteiger partial charge in [-0.15, -0.1) is 0 Å². The second-order valence-corrected chi connectivity index (χ2v) is 7.11. The average molecular weight is 340 g/mol. The Hall–Kier alpha value is -2.21. The number of aromatic nitrogens is 3. The Labute approximate surface area is 147 Å². The quantitative estimate of drug-likeness (QED) is 0.830. The molecule has 6 heteroatoms. The topological polar surface area (TPSA) is 60.3 Å². The lowest BCUT2D eigenvalue weighted by molar-refractivity contribution is 0.239. The van der Waals surface area contributed by atoms with Gasteiger partial charge in [0.25, 0.3) is 5.56 Å². The van der Waals surface area contributed by atoms with Gasteiger partial charge in [-0.05, 0) is 31.2 Å². The van der Waals surface area contributed by atoms with E-state index in [-0.39, 0.29) is 5.56 Å². The van der Waals surface area contributed by atoms with Gasteiger partial charge in [0.05, 0.1) is 24.9 Å². The van der Waals surface area contributed by atoms with Crippen LogP contribution in [0, 0.1) is 12.8 Å². The van der Waals surface area contributed by atoms with Crippen molar-refractivity contribution in [3.63, 3.8) is 0 Å². The van der Waals surface area contributed by atoms with E-state index in [4.69, 9.17) is 9.72 Å². The van der Waals surface area contributed by atoms with Gasteiger partial charge in [-0.25, -0.2) is 9.97 Å². The summed E-state index contributed by atoms with van der Waals surface area (Å²) in [6.07, 6.45) is 5.31. The highest BCUT2D eigenvalue weighted by Crippen LogP contribution is 2.31. The first-order chi connectivity index (χ1) is 12.1. The van der Waals surface area contributed by atoms with Crippen LogP contribution in [0.25, 0.3) is 0 Å². The number of rotatable bonds is 5. The first-order valence-corrected chi connectivity index (χ1v) is 8.94. The molecule has 1 aliphatic carbocycles. The number of fused-ring (bicyclic) bond motifs is 1. The van der Waals surface area contributed by atoms with Gasteiger partial charge in [0.2, 0.25) is 5.88 Å². The van der Waals surface area contributed by atoms with Crippen LogP contribution < -0.4 is 10.3 Å². The van der Waals surface area contributed by atoms with E-state index in [9.17, 15) is 4.79 Å². The molecule has 2 aromatic heterocycles. The lowest BCUT2D eigenvalue weighted by Gasteiger charge is -2.28. The maximum Gasteiger partial charge on any atom is 0.258 e. The lowest BCUT2D eigenvalue weighted by atomic mass is 10.1. The number of hydrogen-bond donors (Lipinski definition) is 0. The standard InChI is InChI=1S/C19H24N4O2/c1-13-21-17-7-8-22(10-14-3-4-14)12-16(17)19(24)23(13)11-15-5-6-18(25-2)20-9-15/h5-6,9,14H,3-4,7-8,10-12H2,1-2H3. The summed E-state index contributed by atoms with van der Waals surface area (Å²) in [5.74, 6) is 2.19. The lowest BCUT2D eigenvalue weighted by Crippen LogP contribution is -2.39. The van der Waals surface area contributed by atoms with Crippen molar-refractivity contribution in [1.82, 2.24) is 19.4 Å². The average Bonchev–Trinajstić information content (AvgIpc) is 3.44. The third-order valence-electron chi connectivity index (χ3n) is 5.15. The molecule has 0 spiro atoms. The van der Waals surface area contributed by atoms with Crippen molar-refractivity contribution >= 4 is 0 Å². The highest BCUT2D eigenvalue weighted by molar-refractivity contribution is 5.24. The molecule has 132 valence electrons. The van der Waals surface area contributed by atoms with Crippen LogP contribution >= 0.6 is 0 Å². The van der Waals surface area contributed by atoms with Crippen LogP contribution in [0.1, 0.15) is 35.5 Å².